The molecule has 0 spiro atoms. The quantitative estimate of drug-likeness (QED) is 0.323. The van der Waals surface area contributed by atoms with Crippen molar-refractivity contribution in [2.24, 2.45) is 11.0 Å². The van der Waals surface area contributed by atoms with Gasteiger partial charge in [0.1, 0.15) is 5.78 Å². The van der Waals surface area contributed by atoms with Crippen LogP contribution in [0.4, 0.5) is 0 Å². The summed E-state index contributed by atoms with van der Waals surface area (Å²) in [5.41, 5.74) is 8.13. The molecular formula is C7H11N3O. The van der Waals surface area contributed by atoms with Crippen LogP contribution in [0.2, 0.25) is 0 Å². The molecule has 0 radical (unpaired) electrons. The number of hydrogen-bond acceptors (Lipinski definition) is 2. The standard InChI is InChI=1S/C7H11N3O/c1-5-2-3-7(11)6(4-5)9-10-8/h5-6H,2-4H2,1H3/t5-,6+/m0/s1. The third-order valence-electron chi connectivity index (χ3n) is 2.07. The van der Waals surface area contributed by atoms with Crippen LogP contribution in [0.5, 0.6) is 0 Å². The van der Waals surface area contributed by atoms with Gasteiger partial charge in [-0.1, -0.05) is 12.0 Å². The Balaban J connectivity index is 2.61. The summed E-state index contributed by atoms with van der Waals surface area (Å²) < 4.78 is 0. The van der Waals surface area contributed by atoms with Gasteiger partial charge in [-0.05, 0) is 24.3 Å². The second-order valence-corrected chi connectivity index (χ2v) is 3.07. The number of carbonyl (C=O) groups is 1. The maximum absolute atomic E-state index is 11.1. The Morgan fingerprint density at radius 2 is 2.45 bits per heavy atom. The van der Waals surface area contributed by atoms with Gasteiger partial charge in [0.05, 0.1) is 6.04 Å². The van der Waals surface area contributed by atoms with E-state index in [0.29, 0.717) is 12.3 Å². The number of carbonyl (C=O) groups excluding carboxylic acids is 1. The van der Waals surface area contributed by atoms with Gasteiger partial charge >= 0.3 is 0 Å². The van der Waals surface area contributed by atoms with E-state index in [-0.39, 0.29) is 11.8 Å². The predicted molar refractivity (Wildman–Crippen MR) is 41.0 cm³/mol. The Hall–Kier alpha value is -1.02. The molecule has 0 heterocycles. The molecule has 1 saturated carbocycles. The Kier molecular flexibility index (Phi) is 2.49. The molecule has 1 rings (SSSR count). The van der Waals surface area contributed by atoms with Gasteiger partial charge in [0, 0.05) is 11.3 Å². The summed E-state index contributed by atoms with van der Waals surface area (Å²) in [6.45, 7) is 2.08. The summed E-state index contributed by atoms with van der Waals surface area (Å²) in [6, 6.07) is -0.385. The van der Waals surface area contributed by atoms with Crippen molar-refractivity contribution < 1.29 is 4.79 Å². The highest BCUT2D eigenvalue weighted by atomic mass is 16.1. The van der Waals surface area contributed by atoms with Crippen molar-refractivity contribution in [2.45, 2.75) is 32.2 Å². The predicted octanol–water partition coefficient (Wildman–Crippen LogP) is 2.05. The van der Waals surface area contributed by atoms with Gasteiger partial charge in [-0.3, -0.25) is 4.79 Å². The SMILES string of the molecule is C[C@H]1CCC(=O)[C@H](N=[N+]=[N-])C1. The van der Waals surface area contributed by atoms with Crippen LogP contribution < -0.4 is 0 Å². The van der Waals surface area contributed by atoms with E-state index < -0.39 is 0 Å². The first-order chi connectivity index (χ1) is 5.24. The molecule has 0 unspecified atom stereocenters. The smallest absolute Gasteiger partial charge is 0.141 e. The molecule has 0 N–H and O–H groups in total. The Bertz CT molecular complexity index is 208. The zero-order chi connectivity index (χ0) is 8.27. The summed E-state index contributed by atoms with van der Waals surface area (Å²) in [5, 5.41) is 3.45. The summed E-state index contributed by atoms with van der Waals surface area (Å²) in [5.74, 6) is 0.615. The largest absolute Gasteiger partial charge is 0.299 e. The lowest BCUT2D eigenvalue weighted by Gasteiger charge is -2.21. The molecular weight excluding hydrogens is 142 g/mol. The zero-order valence-electron chi connectivity index (χ0n) is 6.53. The Labute approximate surface area is 65.2 Å². The van der Waals surface area contributed by atoms with Crippen molar-refractivity contribution in [2.75, 3.05) is 0 Å². The van der Waals surface area contributed by atoms with Gasteiger partial charge in [-0.15, -0.1) is 0 Å². The topological polar surface area (TPSA) is 65.8 Å². The summed E-state index contributed by atoms with van der Waals surface area (Å²) >= 11 is 0. The first-order valence-corrected chi connectivity index (χ1v) is 3.81. The maximum Gasteiger partial charge on any atom is 0.141 e. The van der Waals surface area contributed by atoms with E-state index >= 15 is 0 Å². The fraction of sp³-hybridized carbons (Fsp3) is 0.857. The van der Waals surface area contributed by atoms with Crippen molar-refractivity contribution in [3.63, 3.8) is 0 Å². The first kappa shape index (κ1) is 8.08. The van der Waals surface area contributed by atoms with Crippen LogP contribution >= 0.6 is 0 Å². The third kappa shape index (κ3) is 1.95. The minimum Gasteiger partial charge on any atom is -0.299 e. The third-order valence-corrected chi connectivity index (χ3v) is 2.07. The maximum atomic E-state index is 11.1. The fourth-order valence-corrected chi connectivity index (χ4v) is 1.36. The minimum absolute atomic E-state index is 0.0981. The molecule has 2 atom stereocenters. The van der Waals surface area contributed by atoms with Crippen molar-refractivity contribution in [3.8, 4) is 0 Å². The van der Waals surface area contributed by atoms with Gasteiger partial charge in [0.25, 0.3) is 0 Å². The lowest BCUT2D eigenvalue weighted by Crippen LogP contribution is -2.26. The molecule has 0 aromatic carbocycles. The van der Waals surface area contributed by atoms with Gasteiger partial charge in [-0.2, -0.15) is 0 Å². The minimum atomic E-state index is -0.385. The molecule has 1 aliphatic rings. The second kappa shape index (κ2) is 3.39. The van der Waals surface area contributed by atoms with E-state index in [1.54, 1.807) is 0 Å². The highest BCUT2D eigenvalue weighted by molar-refractivity contribution is 5.84. The normalized spacial score (nSPS) is 31.2. The van der Waals surface area contributed by atoms with E-state index in [1.807, 2.05) is 0 Å². The second-order valence-electron chi connectivity index (χ2n) is 3.07. The molecule has 1 fully saturated rings. The van der Waals surface area contributed by atoms with Crippen LogP contribution in [0.25, 0.3) is 10.4 Å². The molecule has 0 aromatic rings. The molecule has 0 aliphatic heterocycles. The van der Waals surface area contributed by atoms with Gasteiger partial charge in [-0.25, -0.2) is 0 Å². The van der Waals surface area contributed by atoms with E-state index in [4.69, 9.17) is 5.53 Å². The first-order valence-electron chi connectivity index (χ1n) is 3.81. The molecule has 0 aromatic heterocycles. The molecule has 0 bridgehead atoms. The average Bonchev–Trinajstić information content (AvgIpc) is 1.98. The van der Waals surface area contributed by atoms with Crippen molar-refractivity contribution in [1.82, 2.24) is 0 Å². The van der Waals surface area contributed by atoms with Crippen molar-refractivity contribution in [1.29, 1.82) is 0 Å². The van der Waals surface area contributed by atoms with Crippen LogP contribution in [0.15, 0.2) is 5.11 Å². The van der Waals surface area contributed by atoms with Crippen LogP contribution in [-0.2, 0) is 4.79 Å². The van der Waals surface area contributed by atoms with E-state index in [1.165, 1.54) is 0 Å². The molecule has 60 valence electrons. The number of ketones is 1. The number of hydrogen-bond donors (Lipinski definition) is 0. The van der Waals surface area contributed by atoms with E-state index in [2.05, 4.69) is 16.9 Å². The van der Waals surface area contributed by atoms with Crippen molar-refractivity contribution >= 4 is 5.78 Å². The van der Waals surface area contributed by atoms with Crippen LogP contribution in [0.1, 0.15) is 26.2 Å². The highest BCUT2D eigenvalue weighted by Gasteiger charge is 2.24. The molecule has 11 heavy (non-hydrogen) atoms. The van der Waals surface area contributed by atoms with Crippen LogP contribution in [0, 0.1) is 5.92 Å². The fourth-order valence-electron chi connectivity index (χ4n) is 1.36. The van der Waals surface area contributed by atoms with Gasteiger partial charge < -0.3 is 0 Å². The van der Waals surface area contributed by atoms with Gasteiger partial charge in [0.15, 0.2) is 0 Å². The number of azide groups is 1. The molecule has 4 heteroatoms. The molecule has 1 aliphatic carbocycles. The summed E-state index contributed by atoms with van der Waals surface area (Å²) in [6.07, 6.45) is 2.24. The number of rotatable bonds is 1. The zero-order valence-corrected chi connectivity index (χ0v) is 6.53. The number of Topliss-reactive ketones (excluding diaryl/α,β-unsaturated/α-hetero) is 1. The van der Waals surface area contributed by atoms with Crippen LogP contribution in [-0.4, -0.2) is 11.8 Å². The lowest BCUT2D eigenvalue weighted by atomic mass is 9.87. The average molecular weight is 153 g/mol. The lowest BCUT2D eigenvalue weighted by molar-refractivity contribution is -0.122. The van der Waals surface area contributed by atoms with Crippen LogP contribution in [0.3, 0.4) is 0 Å². The highest BCUT2D eigenvalue weighted by Crippen LogP contribution is 2.23. The molecule has 0 saturated heterocycles. The van der Waals surface area contributed by atoms with E-state index in [0.717, 1.165) is 12.8 Å². The monoisotopic (exact) mass is 153 g/mol. The Morgan fingerprint density at radius 1 is 1.73 bits per heavy atom. The summed E-state index contributed by atoms with van der Waals surface area (Å²) in [7, 11) is 0. The summed E-state index contributed by atoms with van der Waals surface area (Å²) in [4.78, 5) is 13.7. The Morgan fingerprint density at radius 3 is 3.09 bits per heavy atom. The van der Waals surface area contributed by atoms with Gasteiger partial charge in [0.2, 0.25) is 0 Å². The number of nitrogens with zero attached hydrogens (tertiary/aromatic N) is 3. The van der Waals surface area contributed by atoms with Crippen molar-refractivity contribution in [3.05, 3.63) is 10.4 Å². The van der Waals surface area contributed by atoms with E-state index in [9.17, 15) is 4.79 Å². The molecule has 0 amide bonds. The molecule has 4 nitrogen and oxygen atoms in total.